The summed E-state index contributed by atoms with van der Waals surface area (Å²) in [6.07, 6.45) is 0.485. The van der Waals surface area contributed by atoms with Crippen LogP contribution in [0.25, 0.3) is 0 Å². The molecule has 0 radical (unpaired) electrons. The van der Waals surface area contributed by atoms with E-state index in [-0.39, 0.29) is 6.61 Å². The van der Waals surface area contributed by atoms with E-state index < -0.39 is 17.8 Å². The van der Waals surface area contributed by atoms with Crippen LogP contribution in [0.15, 0.2) is 5.16 Å². The lowest BCUT2D eigenvalue weighted by molar-refractivity contribution is -0.112. The molecule has 7 nitrogen and oxygen atoms in total. The van der Waals surface area contributed by atoms with Gasteiger partial charge in [0.2, 0.25) is 5.71 Å². The summed E-state index contributed by atoms with van der Waals surface area (Å²) in [7, 11) is 0. The Morgan fingerprint density at radius 1 is 1.53 bits per heavy atom. The van der Waals surface area contributed by atoms with Gasteiger partial charge in [-0.05, 0) is 6.42 Å². The Bertz CT molecular complexity index is 305. The van der Waals surface area contributed by atoms with Gasteiger partial charge < -0.3 is 10.5 Å². The van der Waals surface area contributed by atoms with Crippen LogP contribution in [-0.2, 0) is 14.4 Å². The van der Waals surface area contributed by atoms with Gasteiger partial charge in [-0.1, -0.05) is 18.5 Å². The molecule has 0 rings (SSSR count). The highest BCUT2D eigenvalue weighted by molar-refractivity contribution is 6.44. The summed E-state index contributed by atoms with van der Waals surface area (Å²) in [5.74, 6) is -1.07. The molecule has 15 heavy (non-hydrogen) atoms. The molecule has 0 aromatic rings. The minimum Gasteiger partial charge on any atom is -0.433 e. The van der Waals surface area contributed by atoms with E-state index in [1.807, 2.05) is 6.92 Å². The third-order valence-electron chi connectivity index (χ3n) is 1.27. The molecule has 82 valence electrons. The van der Waals surface area contributed by atoms with Crippen LogP contribution in [-0.4, -0.2) is 24.4 Å². The predicted octanol–water partition coefficient (Wildman–Crippen LogP) is 0.305. The summed E-state index contributed by atoms with van der Waals surface area (Å²) < 4.78 is 4.53. The zero-order valence-corrected chi connectivity index (χ0v) is 8.23. The highest BCUT2D eigenvalue weighted by Crippen LogP contribution is 1.92. The molecule has 0 saturated heterocycles. The number of oxime groups is 1. The van der Waals surface area contributed by atoms with Gasteiger partial charge >= 0.3 is 6.16 Å². The van der Waals surface area contributed by atoms with Gasteiger partial charge in [0.05, 0.1) is 6.61 Å². The summed E-state index contributed by atoms with van der Waals surface area (Å²) in [5.41, 5.74) is 4.04. The molecule has 0 saturated carbocycles. The number of rotatable bonds is 5. The number of carbonyl (C=O) groups excluding carboxylic acids is 2. The Labute approximate surface area is 86.4 Å². The van der Waals surface area contributed by atoms with E-state index in [0.717, 1.165) is 6.42 Å². The zero-order valence-electron chi connectivity index (χ0n) is 8.23. The minimum atomic E-state index is -1.07. The van der Waals surface area contributed by atoms with E-state index in [1.165, 1.54) is 6.07 Å². The molecule has 1 amide bonds. The molecule has 0 aromatic carbocycles. The number of unbranched alkanes of at least 4 members (excludes halogenated alkanes) is 1. The van der Waals surface area contributed by atoms with Crippen molar-refractivity contribution in [2.45, 2.75) is 19.8 Å². The van der Waals surface area contributed by atoms with Crippen molar-refractivity contribution in [3.8, 4) is 6.07 Å². The second-order valence-electron chi connectivity index (χ2n) is 2.46. The Balaban J connectivity index is 3.98. The lowest BCUT2D eigenvalue weighted by atomic mass is 10.4. The van der Waals surface area contributed by atoms with Gasteiger partial charge in [0, 0.05) is 0 Å². The lowest BCUT2D eigenvalue weighted by Crippen LogP contribution is -2.22. The van der Waals surface area contributed by atoms with Crippen LogP contribution in [0.1, 0.15) is 19.8 Å². The molecule has 0 aliphatic heterocycles. The normalized spacial score (nSPS) is 10.3. The quantitative estimate of drug-likeness (QED) is 0.232. The van der Waals surface area contributed by atoms with Crippen LogP contribution in [0.5, 0.6) is 0 Å². The van der Waals surface area contributed by atoms with Gasteiger partial charge in [-0.15, -0.1) is 0 Å². The number of nitrogens with two attached hydrogens (primary N) is 1. The summed E-state index contributed by atoms with van der Waals surface area (Å²) in [4.78, 5) is 25.3. The number of ether oxygens (including phenoxy) is 1. The third kappa shape index (κ3) is 6.04. The van der Waals surface area contributed by atoms with Crippen LogP contribution < -0.4 is 5.73 Å². The fourth-order valence-corrected chi connectivity index (χ4v) is 0.530. The molecule has 2 N–H and O–H groups in total. The highest BCUT2D eigenvalue weighted by atomic mass is 16.8. The molecule has 0 aliphatic carbocycles. The summed E-state index contributed by atoms with van der Waals surface area (Å²) in [6.45, 7) is 2.12. The van der Waals surface area contributed by atoms with E-state index in [9.17, 15) is 9.59 Å². The van der Waals surface area contributed by atoms with Crippen molar-refractivity contribution < 1.29 is 19.2 Å². The SMILES string of the molecule is CCCCOC(=O)O/N=C(\C#N)C(N)=O. The monoisotopic (exact) mass is 213 g/mol. The standard InChI is InChI=1S/C8H11N3O4/c1-2-3-4-14-8(13)15-11-6(5-9)7(10)12/h2-4H2,1H3,(H2,10,12)/b11-6+. The molecule has 0 unspecified atom stereocenters. The molecule has 0 aliphatic rings. The first-order valence-corrected chi connectivity index (χ1v) is 4.23. The maximum Gasteiger partial charge on any atom is 0.535 e. The van der Waals surface area contributed by atoms with Crippen LogP contribution >= 0.6 is 0 Å². The number of hydrogen-bond acceptors (Lipinski definition) is 6. The Morgan fingerprint density at radius 3 is 2.67 bits per heavy atom. The molecule has 0 bridgehead atoms. The van der Waals surface area contributed by atoms with Gasteiger partial charge in [-0.3, -0.25) is 9.63 Å². The third-order valence-corrected chi connectivity index (χ3v) is 1.27. The van der Waals surface area contributed by atoms with Crippen molar-refractivity contribution in [3.05, 3.63) is 0 Å². The molecule has 0 aromatic heterocycles. The van der Waals surface area contributed by atoms with Crippen molar-refractivity contribution in [2.24, 2.45) is 10.9 Å². The molecule has 7 heteroatoms. The first-order chi connectivity index (χ1) is 7.11. The first kappa shape index (κ1) is 12.9. The smallest absolute Gasteiger partial charge is 0.433 e. The Hall–Kier alpha value is -2.10. The van der Waals surface area contributed by atoms with E-state index >= 15 is 0 Å². The van der Waals surface area contributed by atoms with Crippen molar-refractivity contribution in [3.63, 3.8) is 0 Å². The van der Waals surface area contributed by atoms with Gasteiger partial charge in [-0.2, -0.15) is 5.26 Å². The van der Waals surface area contributed by atoms with Crippen molar-refractivity contribution in [1.82, 2.24) is 0 Å². The molecule has 0 fully saturated rings. The topological polar surface area (TPSA) is 115 Å². The van der Waals surface area contributed by atoms with Crippen LogP contribution in [0.2, 0.25) is 0 Å². The number of primary amides is 1. The maximum absolute atomic E-state index is 10.7. The molecule has 0 atom stereocenters. The molecule has 0 spiro atoms. The maximum atomic E-state index is 10.7. The largest absolute Gasteiger partial charge is 0.535 e. The fraction of sp³-hybridized carbons (Fsp3) is 0.500. The minimum absolute atomic E-state index is 0.198. The van der Waals surface area contributed by atoms with Crippen molar-refractivity contribution >= 4 is 17.8 Å². The highest BCUT2D eigenvalue weighted by Gasteiger charge is 2.09. The van der Waals surface area contributed by atoms with Crippen LogP contribution in [0.4, 0.5) is 4.79 Å². The lowest BCUT2D eigenvalue weighted by Gasteiger charge is -1.99. The number of amides is 1. The second-order valence-corrected chi connectivity index (χ2v) is 2.46. The number of hydrogen-bond donors (Lipinski definition) is 1. The molecule has 0 heterocycles. The second kappa shape index (κ2) is 7.32. The van der Waals surface area contributed by atoms with Crippen LogP contribution in [0, 0.1) is 11.3 Å². The number of nitrogens with zero attached hydrogens (tertiary/aromatic N) is 2. The first-order valence-electron chi connectivity index (χ1n) is 4.23. The van der Waals surface area contributed by atoms with Gasteiger partial charge in [0.15, 0.2) is 0 Å². The van der Waals surface area contributed by atoms with E-state index in [4.69, 9.17) is 11.0 Å². The van der Waals surface area contributed by atoms with Gasteiger partial charge in [0.25, 0.3) is 5.91 Å². The van der Waals surface area contributed by atoms with Gasteiger partial charge in [-0.25, -0.2) is 4.79 Å². The van der Waals surface area contributed by atoms with E-state index in [1.54, 1.807) is 0 Å². The average Bonchev–Trinajstić information content (AvgIpc) is 2.18. The molecular formula is C8H11N3O4. The van der Waals surface area contributed by atoms with Crippen molar-refractivity contribution in [1.29, 1.82) is 5.26 Å². The predicted molar refractivity (Wildman–Crippen MR) is 49.6 cm³/mol. The van der Waals surface area contributed by atoms with E-state index in [0.29, 0.717) is 6.42 Å². The fourth-order valence-electron chi connectivity index (χ4n) is 0.530. The van der Waals surface area contributed by atoms with E-state index in [2.05, 4.69) is 14.7 Å². The Kier molecular flexibility index (Phi) is 6.29. The van der Waals surface area contributed by atoms with Crippen molar-refractivity contribution in [2.75, 3.05) is 6.61 Å². The van der Waals surface area contributed by atoms with Crippen LogP contribution in [0.3, 0.4) is 0 Å². The summed E-state index contributed by atoms with van der Waals surface area (Å²) in [6, 6.07) is 1.37. The summed E-state index contributed by atoms with van der Waals surface area (Å²) >= 11 is 0. The average molecular weight is 213 g/mol. The number of carbonyl (C=O) groups is 2. The zero-order chi connectivity index (χ0) is 11.7. The molecular weight excluding hydrogens is 202 g/mol. The number of nitriles is 1. The Morgan fingerprint density at radius 2 is 2.20 bits per heavy atom. The summed E-state index contributed by atoms with van der Waals surface area (Å²) in [5, 5.41) is 11.2. The van der Waals surface area contributed by atoms with Gasteiger partial charge in [0.1, 0.15) is 6.07 Å².